The van der Waals surface area contributed by atoms with Crippen molar-refractivity contribution in [3.8, 4) is 5.69 Å². The normalized spacial score (nSPS) is 10.6. The summed E-state index contributed by atoms with van der Waals surface area (Å²) in [5.74, 6) is 0. The van der Waals surface area contributed by atoms with E-state index in [2.05, 4.69) is 26.9 Å². The first-order chi connectivity index (χ1) is 10.2. The SMILES string of the molecule is Cc1ccc(CNc2ccc(-n3cnnn3)cc2)cc1Cl. The minimum atomic E-state index is 0.726. The molecule has 1 heterocycles. The van der Waals surface area contributed by atoms with Crippen molar-refractivity contribution in [1.82, 2.24) is 20.2 Å². The lowest BCUT2D eigenvalue weighted by atomic mass is 10.1. The molecule has 1 N–H and O–H groups in total. The van der Waals surface area contributed by atoms with E-state index in [1.54, 1.807) is 11.0 Å². The quantitative estimate of drug-likeness (QED) is 0.803. The summed E-state index contributed by atoms with van der Waals surface area (Å²) >= 11 is 6.12. The average molecular weight is 300 g/mol. The van der Waals surface area contributed by atoms with Gasteiger partial charge in [0.15, 0.2) is 0 Å². The molecule has 0 fully saturated rings. The molecule has 0 aliphatic heterocycles. The molecule has 21 heavy (non-hydrogen) atoms. The molecule has 2 aromatic carbocycles. The van der Waals surface area contributed by atoms with Crippen LogP contribution in [0.1, 0.15) is 11.1 Å². The molecule has 106 valence electrons. The number of hydrogen-bond donors (Lipinski definition) is 1. The Labute approximate surface area is 127 Å². The first-order valence-electron chi connectivity index (χ1n) is 6.55. The summed E-state index contributed by atoms with van der Waals surface area (Å²) in [7, 11) is 0. The van der Waals surface area contributed by atoms with Crippen LogP contribution < -0.4 is 5.32 Å². The summed E-state index contributed by atoms with van der Waals surface area (Å²) in [4.78, 5) is 0. The van der Waals surface area contributed by atoms with Crippen LogP contribution in [-0.4, -0.2) is 20.2 Å². The van der Waals surface area contributed by atoms with Crippen molar-refractivity contribution < 1.29 is 0 Å². The van der Waals surface area contributed by atoms with Crippen LogP contribution in [0.4, 0.5) is 5.69 Å². The third kappa shape index (κ3) is 3.20. The van der Waals surface area contributed by atoms with Gasteiger partial charge >= 0.3 is 0 Å². The molecule has 3 aromatic rings. The Balaban J connectivity index is 1.66. The second kappa shape index (κ2) is 5.93. The molecule has 0 saturated carbocycles. The first kappa shape index (κ1) is 13.6. The molecule has 0 bridgehead atoms. The van der Waals surface area contributed by atoms with E-state index in [4.69, 9.17) is 11.6 Å². The Bertz CT molecular complexity index is 722. The molecule has 0 radical (unpaired) electrons. The molecule has 0 spiro atoms. The van der Waals surface area contributed by atoms with E-state index in [1.165, 1.54) is 0 Å². The van der Waals surface area contributed by atoms with Crippen molar-refractivity contribution in [2.45, 2.75) is 13.5 Å². The van der Waals surface area contributed by atoms with Gasteiger partial charge in [-0.2, -0.15) is 0 Å². The number of halogens is 1. The van der Waals surface area contributed by atoms with Crippen molar-refractivity contribution in [1.29, 1.82) is 0 Å². The largest absolute Gasteiger partial charge is 0.381 e. The summed E-state index contributed by atoms with van der Waals surface area (Å²) in [6.07, 6.45) is 1.57. The molecule has 0 unspecified atom stereocenters. The van der Waals surface area contributed by atoms with Crippen molar-refractivity contribution in [2.24, 2.45) is 0 Å². The Hall–Kier alpha value is -2.40. The zero-order valence-corrected chi connectivity index (χ0v) is 12.2. The molecule has 0 amide bonds. The number of tetrazole rings is 1. The molecular weight excluding hydrogens is 286 g/mol. The standard InChI is InChI=1S/C15H14ClN5/c1-11-2-3-12(8-15(11)16)9-17-13-4-6-14(7-5-13)21-10-18-19-20-21/h2-8,10,17H,9H2,1H3. The average Bonchev–Trinajstić information content (AvgIpc) is 3.03. The Kier molecular flexibility index (Phi) is 3.83. The van der Waals surface area contributed by atoms with Crippen molar-refractivity contribution in [2.75, 3.05) is 5.32 Å². The molecule has 0 saturated heterocycles. The van der Waals surface area contributed by atoms with Crippen LogP contribution in [0.5, 0.6) is 0 Å². The van der Waals surface area contributed by atoms with Gasteiger partial charge in [0.1, 0.15) is 6.33 Å². The summed E-state index contributed by atoms with van der Waals surface area (Å²) in [6.45, 7) is 2.72. The number of hydrogen-bond acceptors (Lipinski definition) is 4. The molecule has 0 aliphatic carbocycles. The van der Waals surface area contributed by atoms with Crippen molar-refractivity contribution in [3.05, 3.63) is 64.9 Å². The van der Waals surface area contributed by atoms with Gasteiger partial charge < -0.3 is 5.32 Å². The topological polar surface area (TPSA) is 55.6 Å². The van der Waals surface area contributed by atoms with Crippen LogP contribution in [0.3, 0.4) is 0 Å². The van der Waals surface area contributed by atoms with Crippen LogP contribution in [0.2, 0.25) is 5.02 Å². The van der Waals surface area contributed by atoms with Gasteiger partial charge in [-0.1, -0.05) is 23.7 Å². The predicted molar refractivity (Wildman–Crippen MR) is 82.7 cm³/mol. The van der Waals surface area contributed by atoms with Crippen LogP contribution in [0, 0.1) is 6.92 Å². The lowest BCUT2D eigenvalue weighted by Gasteiger charge is -2.08. The van der Waals surface area contributed by atoms with Gasteiger partial charge in [-0.25, -0.2) is 4.68 Å². The number of anilines is 1. The maximum absolute atomic E-state index is 6.12. The minimum absolute atomic E-state index is 0.726. The number of aryl methyl sites for hydroxylation is 1. The van der Waals surface area contributed by atoms with Crippen LogP contribution in [0.25, 0.3) is 5.69 Å². The Morgan fingerprint density at radius 2 is 1.95 bits per heavy atom. The van der Waals surface area contributed by atoms with E-state index in [0.717, 1.165) is 34.1 Å². The number of benzene rings is 2. The molecule has 6 heteroatoms. The highest BCUT2D eigenvalue weighted by Gasteiger charge is 2.00. The Morgan fingerprint density at radius 1 is 1.14 bits per heavy atom. The van der Waals surface area contributed by atoms with Crippen LogP contribution in [-0.2, 0) is 6.54 Å². The maximum Gasteiger partial charge on any atom is 0.143 e. The highest BCUT2D eigenvalue weighted by Crippen LogP contribution is 2.18. The number of aromatic nitrogens is 4. The first-order valence-corrected chi connectivity index (χ1v) is 6.92. The van der Waals surface area contributed by atoms with Crippen LogP contribution in [0.15, 0.2) is 48.8 Å². The van der Waals surface area contributed by atoms with Gasteiger partial charge in [0.25, 0.3) is 0 Å². The summed E-state index contributed by atoms with van der Waals surface area (Å²) in [5, 5.41) is 15.2. The van der Waals surface area contributed by atoms with E-state index < -0.39 is 0 Å². The van der Waals surface area contributed by atoms with Gasteiger partial charge in [0, 0.05) is 17.3 Å². The van der Waals surface area contributed by atoms with Crippen molar-refractivity contribution >= 4 is 17.3 Å². The number of nitrogens with zero attached hydrogens (tertiary/aromatic N) is 4. The molecule has 0 aliphatic rings. The number of nitrogens with one attached hydrogen (secondary N) is 1. The number of rotatable bonds is 4. The van der Waals surface area contributed by atoms with E-state index in [0.29, 0.717) is 0 Å². The Morgan fingerprint density at radius 3 is 2.62 bits per heavy atom. The third-order valence-corrected chi connectivity index (χ3v) is 3.62. The van der Waals surface area contributed by atoms with Gasteiger partial charge in [-0.05, 0) is 58.8 Å². The second-order valence-corrected chi connectivity index (χ2v) is 5.15. The summed E-state index contributed by atoms with van der Waals surface area (Å²) in [6, 6.07) is 14.0. The molecule has 0 atom stereocenters. The molecule has 1 aromatic heterocycles. The molecule has 3 rings (SSSR count). The fourth-order valence-corrected chi connectivity index (χ4v) is 2.17. The van der Waals surface area contributed by atoms with Gasteiger partial charge in [-0.15, -0.1) is 5.10 Å². The van der Waals surface area contributed by atoms with E-state index in [9.17, 15) is 0 Å². The highest BCUT2D eigenvalue weighted by molar-refractivity contribution is 6.31. The maximum atomic E-state index is 6.12. The summed E-state index contributed by atoms with van der Waals surface area (Å²) < 4.78 is 1.61. The van der Waals surface area contributed by atoms with Crippen LogP contribution >= 0.6 is 11.6 Å². The minimum Gasteiger partial charge on any atom is -0.381 e. The van der Waals surface area contributed by atoms with E-state index >= 15 is 0 Å². The zero-order chi connectivity index (χ0) is 14.7. The van der Waals surface area contributed by atoms with Gasteiger partial charge in [0.2, 0.25) is 0 Å². The van der Waals surface area contributed by atoms with E-state index in [-0.39, 0.29) is 0 Å². The lowest BCUT2D eigenvalue weighted by molar-refractivity contribution is 0.789. The van der Waals surface area contributed by atoms with Gasteiger partial charge in [-0.3, -0.25) is 0 Å². The predicted octanol–water partition coefficient (Wildman–Crippen LogP) is 3.24. The smallest absolute Gasteiger partial charge is 0.143 e. The van der Waals surface area contributed by atoms with E-state index in [1.807, 2.05) is 43.3 Å². The summed E-state index contributed by atoms with van der Waals surface area (Å²) in [5.41, 5.74) is 4.19. The highest BCUT2D eigenvalue weighted by atomic mass is 35.5. The van der Waals surface area contributed by atoms with Gasteiger partial charge in [0.05, 0.1) is 5.69 Å². The third-order valence-electron chi connectivity index (χ3n) is 3.21. The second-order valence-electron chi connectivity index (χ2n) is 4.74. The zero-order valence-electron chi connectivity index (χ0n) is 11.5. The molecular formula is C15H14ClN5. The monoisotopic (exact) mass is 299 g/mol. The molecule has 5 nitrogen and oxygen atoms in total. The fraction of sp³-hybridized carbons (Fsp3) is 0.133. The fourth-order valence-electron chi connectivity index (χ4n) is 1.96. The lowest BCUT2D eigenvalue weighted by Crippen LogP contribution is -2.00. The van der Waals surface area contributed by atoms with Crippen molar-refractivity contribution in [3.63, 3.8) is 0 Å².